The first-order chi connectivity index (χ1) is 8.08. The van der Waals surface area contributed by atoms with E-state index in [9.17, 15) is 9.59 Å². The molecule has 6 heteroatoms. The fourth-order valence-electron chi connectivity index (χ4n) is 1.24. The fourth-order valence-corrected chi connectivity index (χ4v) is 1.24. The fraction of sp³-hybridized carbons (Fsp3) is 0.273. The van der Waals surface area contributed by atoms with Crippen LogP contribution in [0.1, 0.15) is 15.9 Å². The molecule has 0 bridgehead atoms. The molecule has 0 heterocycles. The Morgan fingerprint density at radius 2 is 1.94 bits per heavy atom. The van der Waals surface area contributed by atoms with Crippen molar-refractivity contribution in [3.05, 3.63) is 35.4 Å². The number of nitrogens with two attached hydrogens (primary N) is 1. The van der Waals surface area contributed by atoms with Gasteiger partial charge in [-0.1, -0.05) is 17.7 Å². The van der Waals surface area contributed by atoms with Gasteiger partial charge in [0.25, 0.3) is 11.8 Å². The number of aliphatic hydroxyl groups is 1. The molecule has 17 heavy (non-hydrogen) atoms. The minimum absolute atomic E-state index is 0.416. The summed E-state index contributed by atoms with van der Waals surface area (Å²) in [4.78, 5) is 22.9. The number of aryl methyl sites for hydroxylation is 1. The van der Waals surface area contributed by atoms with Crippen molar-refractivity contribution in [3.63, 3.8) is 0 Å². The van der Waals surface area contributed by atoms with Gasteiger partial charge >= 0.3 is 0 Å². The Bertz CT molecular complexity index is 403. The predicted octanol–water partition coefficient (Wildman–Crippen LogP) is -0.924. The average Bonchev–Trinajstić information content (AvgIpc) is 2.35. The lowest BCUT2D eigenvalue weighted by Crippen LogP contribution is -2.50. The monoisotopic (exact) mass is 237 g/mol. The van der Waals surface area contributed by atoms with Crippen LogP contribution in [0.25, 0.3) is 0 Å². The second-order valence-corrected chi connectivity index (χ2v) is 3.58. The molecule has 0 fully saturated rings. The van der Waals surface area contributed by atoms with Crippen LogP contribution in [0.3, 0.4) is 0 Å². The second kappa shape index (κ2) is 5.97. The molecule has 1 atom stereocenters. The summed E-state index contributed by atoms with van der Waals surface area (Å²) in [7, 11) is 0. The zero-order chi connectivity index (χ0) is 12.8. The van der Waals surface area contributed by atoms with Gasteiger partial charge in [0.05, 0.1) is 6.61 Å². The topological polar surface area (TPSA) is 104 Å². The Labute approximate surface area is 98.8 Å². The molecule has 0 unspecified atom stereocenters. The lowest BCUT2D eigenvalue weighted by atomic mass is 10.1. The van der Waals surface area contributed by atoms with E-state index in [1.54, 1.807) is 24.3 Å². The van der Waals surface area contributed by atoms with Gasteiger partial charge in [-0.05, 0) is 19.1 Å². The molecule has 6 nitrogen and oxygen atoms in total. The van der Waals surface area contributed by atoms with E-state index >= 15 is 0 Å². The number of hydrazine groups is 1. The molecule has 2 amide bonds. The molecule has 0 saturated carbocycles. The minimum atomic E-state index is -1.05. The molecule has 0 aromatic heterocycles. The van der Waals surface area contributed by atoms with Gasteiger partial charge in [0.15, 0.2) is 0 Å². The third kappa shape index (κ3) is 3.54. The van der Waals surface area contributed by atoms with Crippen molar-refractivity contribution in [3.8, 4) is 0 Å². The van der Waals surface area contributed by atoms with Crippen LogP contribution in [0.2, 0.25) is 0 Å². The van der Waals surface area contributed by atoms with E-state index in [0.717, 1.165) is 5.56 Å². The van der Waals surface area contributed by atoms with Gasteiger partial charge in [-0.2, -0.15) is 0 Å². The van der Waals surface area contributed by atoms with Crippen molar-refractivity contribution in [2.24, 2.45) is 5.84 Å². The van der Waals surface area contributed by atoms with Gasteiger partial charge in [0.1, 0.15) is 6.04 Å². The number of rotatable bonds is 4. The summed E-state index contributed by atoms with van der Waals surface area (Å²) < 4.78 is 0. The summed E-state index contributed by atoms with van der Waals surface area (Å²) >= 11 is 0. The van der Waals surface area contributed by atoms with E-state index < -0.39 is 24.5 Å². The quantitative estimate of drug-likeness (QED) is 0.308. The number of carbonyl (C=O) groups is 2. The van der Waals surface area contributed by atoms with Gasteiger partial charge < -0.3 is 10.4 Å². The molecular formula is C11H15N3O3. The van der Waals surface area contributed by atoms with Crippen LogP contribution in [-0.2, 0) is 4.79 Å². The maximum Gasteiger partial charge on any atom is 0.258 e. The van der Waals surface area contributed by atoms with E-state index in [1.165, 1.54) is 0 Å². The van der Waals surface area contributed by atoms with Crippen molar-refractivity contribution in [1.29, 1.82) is 0 Å². The van der Waals surface area contributed by atoms with E-state index in [2.05, 4.69) is 5.32 Å². The summed E-state index contributed by atoms with van der Waals surface area (Å²) in [6, 6.07) is 5.80. The van der Waals surface area contributed by atoms with Gasteiger partial charge in [-0.15, -0.1) is 0 Å². The lowest BCUT2D eigenvalue weighted by molar-refractivity contribution is -0.123. The van der Waals surface area contributed by atoms with Crippen LogP contribution in [-0.4, -0.2) is 29.6 Å². The molecule has 1 aromatic carbocycles. The molecule has 0 aliphatic carbocycles. The van der Waals surface area contributed by atoms with Crippen LogP contribution in [0.4, 0.5) is 0 Å². The van der Waals surface area contributed by atoms with Gasteiger partial charge in [-0.25, -0.2) is 5.84 Å². The van der Waals surface area contributed by atoms with Gasteiger partial charge in [-0.3, -0.25) is 15.0 Å². The number of carbonyl (C=O) groups excluding carboxylic acids is 2. The molecule has 0 aliphatic heterocycles. The zero-order valence-electron chi connectivity index (χ0n) is 9.43. The molecule has 0 aliphatic rings. The molecule has 92 valence electrons. The largest absolute Gasteiger partial charge is 0.394 e. The van der Waals surface area contributed by atoms with Crippen LogP contribution in [0.5, 0.6) is 0 Å². The zero-order valence-corrected chi connectivity index (χ0v) is 9.43. The smallest absolute Gasteiger partial charge is 0.258 e. The first-order valence-electron chi connectivity index (χ1n) is 5.07. The highest BCUT2D eigenvalue weighted by molar-refractivity contribution is 5.97. The highest BCUT2D eigenvalue weighted by Crippen LogP contribution is 2.03. The van der Waals surface area contributed by atoms with Crippen LogP contribution in [0.15, 0.2) is 24.3 Å². The Hall–Kier alpha value is -1.92. The van der Waals surface area contributed by atoms with Crippen LogP contribution >= 0.6 is 0 Å². The summed E-state index contributed by atoms with van der Waals surface area (Å²) in [6.07, 6.45) is 0. The maximum atomic E-state index is 11.7. The molecular weight excluding hydrogens is 222 g/mol. The van der Waals surface area contributed by atoms with Crippen molar-refractivity contribution in [2.75, 3.05) is 6.61 Å². The summed E-state index contributed by atoms with van der Waals surface area (Å²) in [5, 5.41) is 11.3. The normalized spacial score (nSPS) is 11.7. The van der Waals surface area contributed by atoms with Crippen LogP contribution in [0, 0.1) is 6.92 Å². The summed E-state index contributed by atoms with van der Waals surface area (Å²) in [5.41, 5.74) is 3.31. The third-order valence-corrected chi connectivity index (χ3v) is 2.26. The van der Waals surface area contributed by atoms with Gasteiger partial charge in [0, 0.05) is 5.56 Å². The Balaban J connectivity index is 2.71. The molecule has 0 saturated heterocycles. The number of benzene rings is 1. The highest BCUT2D eigenvalue weighted by Gasteiger charge is 2.19. The second-order valence-electron chi connectivity index (χ2n) is 3.58. The Morgan fingerprint density at radius 1 is 1.35 bits per heavy atom. The summed E-state index contributed by atoms with van der Waals surface area (Å²) in [5.74, 6) is 3.84. The minimum Gasteiger partial charge on any atom is -0.394 e. The van der Waals surface area contributed by atoms with Gasteiger partial charge in [0.2, 0.25) is 0 Å². The number of hydrogen-bond donors (Lipinski definition) is 4. The highest BCUT2D eigenvalue weighted by atomic mass is 16.3. The van der Waals surface area contributed by atoms with Crippen LogP contribution < -0.4 is 16.6 Å². The van der Waals surface area contributed by atoms with E-state index in [-0.39, 0.29) is 0 Å². The van der Waals surface area contributed by atoms with Crippen molar-refractivity contribution < 1.29 is 14.7 Å². The number of hydrogen-bond acceptors (Lipinski definition) is 4. The Kier molecular flexibility index (Phi) is 4.62. The summed E-state index contributed by atoms with van der Waals surface area (Å²) in [6.45, 7) is 1.39. The average molecular weight is 237 g/mol. The van der Waals surface area contributed by atoms with Crippen molar-refractivity contribution in [2.45, 2.75) is 13.0 Å². The molecule has 5 N–H and O–H groups in total. The van der Waals surface area contributed by atoms with E-state index in [0.29, 0.717) is 5.56 Å². The standard InChI is InChI=1S/C11H15N3O3/c1-7-2-4-8(5-3-7)10(16)13-9(6-15)11(17)14-12/h2-5,9,15H,6,12H2,1H3,(H,13,16)(H,14,17)/t9-/m0/s1. The molecule has 1 rings (SSSR count). The molecule has 0 radical (unpaired) electrons. The van der Waals surface area contributed by atoms with Crippen molar-refractivity contribution in [1.82, 2.24) is 10.7 Å². The first-order valence-corrected chi connectivity index (χ1v) is 5.07. The SMILES string of the molecule is Cc1ccc(C(=O)N[C@@H](CO)C(=O)NN)cc1. The maximum absolute atomic E-state index is 11.7. The number of nitrogens with one attached hydrogen (secondary N) is 2. The Morgan fingerprint density at radius 3 is 2.41 bits per heavy atom. The number of amides is 2. The lowest BCUT2D eigenvalue weighted by Gasteiger charge is -2.14. The van der Waals surface area contributed by atoms with Crippen molar-refractivity contribution >= 4 is 11.8 Å². The molecule has 0 spiro atoms. The third-order valence-electron chi connectivity index (χ3n) is 2.26. The molecule has 1 aromatic rings. The first kappa shape index (κ1) is 13.1. The van der Waals surface area contributed by atoms with E-state index in [1.807, 2.05) is 12.3 Å². The predicted molar refractivity (Wildman–Crippen MR) is 61.8 cm³/mol. The van der Waals surface area contributed by atoms with E-state index in [4.69, 9.17) is 10.9 Å². The number of aliphatic hydroxyl groups excluding tert-OH is 1.